The van der Waals surface area contributed by atoms with Gasteiger partial charge in [-0.15, -0.1) is 22.7 Å². The fourth-order valence-corrected chi connectivity index (χ4v) is 4.39. The summed E-state index contributed by atoms with van der Waals surface area (Å²) < 4.78 is 0. The number of anilines is 1. The molecule has 3 heterocycles. The molecule has 0 amide bonds. The fraction of sp³-hybridized carbons (Fsp3) is 0.167. The number of hydrogen-bond donors (Lipinski definition) is 1. The third-order valence-corrected chi connectivity index (χ3v) is 5.51. The lowest BCUT2D eigenvalue weighted by atomic mass is 10.1. The van der Waals surface area contributed by atoms with E-state index >= 15 is 0 Å². The Balaban J connectivity index is 1.77. The van der Waals surface area contributed by atoms with E-state index in [1.807, 2.05) is 26.1 Å². The fourth-order valence-electron chi connectivity index (χ4n) is 2.66. The van der Waals surface area contributed by atoms with Crippen molar-refractivity contribution >= 4 is 38.7 Å². The lowest BCUT2D eigenvalue weighted by Crippen LogP contribution is -2.02. The minimum atomic E-state index is 0.723. The van der Waals surface area contributed by atoms with Crippen molar-refractivity contribution in [3.05, 3.63) is 57.6 Å². The maximum atomic E-state index is 4.65. The lowest BCUT2D eigenvalue weighted by Gasteiger charge is -2.08. The van der Waals surface area contributed by atoms with Crippen LogP contribution < -0.4 is 5.32 Å². The van der Waals surface area contributed by atoms with Gasteiger partial charge in [-0.25, -0.2) is 15.0 Å². The van der Waals surface area contributed by atoms with Crippen molar-refractivity contribution in [2.75, 3.05) is 5.32 Å². The molecule has 0 aliphatic rings. The standard InChI is InChI=1S/C18H16N4S2/c1-11-21-17(20-9-14-8-19-12(2)24-14)16-15(10-23-18(16)22-11)13-6-4-3-5-7-13/h3-8,10H,9H2,1-2H3,(H,20,21,22). The molecule has 0 radical (unpaired) electrons. The third-order valence-electron chi connectivity index (χ3n) is 3.73. The molecule has 6 heteroatoms. The van der Waals surface area contributed by atoms with Crippen molar-refractivity contribution in [3.8, 4) is 11.1 Å². The zero-order valence-electron chi connectivity index (χ0n) is 13.4. The molecule has 1 N–H and O–H groups in total. The maximum absolute atomic E-state index is 4.65. The van der Waals surface area contributed by atoms with Crippen molar-refractivity contribution in [1.29, 1.82) is 0 Å². The highest BCUT2D eigenvalue weighted by atomic mass is 32.1. The Hall–Kier alpha value is -2.31. The van der Waals surface area contributed by atoms with Gasteiger partial charge in [-0.2, -0.15) is 0 Å². The first-order valence-electron chi connectivity index (χ1n) is 7.67. The topological polar surface area (TPSA) is 50.7 Å². The van der Waals surface area contributed by atoms with E-state index in [9.17, 15) is 0 Å². The van der Waals surface area contributed by atoms with Crippen LogP contribution in [0.4, 0.5) is 5.82 Å². The summed E-state index contributed by atoms with van der Waals surface area (Å²) in [4.78, 5) is 15.8. The predicted octanol–water partition coefficient (Wildman–Crippen LogP) is 5.04. The molecule has 0 atom stereocenters. The Bertz CT molecular complexity index is 989. The van der Waals surface area contributed by atoms with Crippen molar-refractivity contribution in [2.24, 2.45) is 0 Å². The van der Waals surface area contributed by atoms with Gasteiger partial charge in [0.05, 0.1) is 16.9 Å². The average molecular weight is 352 g/mol. The van der Waals surface area contributed by atoms with Gasteiger partial charge < -0.3 is 5.32 Å². The number of benzene rings is 1. The molecule has 0 unspecified atom stereocenters. The summed E-state index contributed by atoms with van der Waals surface area (Å²) >= 11 is 3.37. The zero-order valence-corrected chi connectivity index (χ0v) is 15.0. The summed E-state index contributed by atoms with van der Waals surface area (Å²) in [6.45, 7) is 4.68. The van der Waals surface area contributed by atoms with Crippen LogP contribution in [0.1, 0.15) is 15.7 Å². The smallest absolute Gasteiger partial charge is 0.139 e. The minimum absolute atomic E-state index is 0.723. The maximum Gasteiger partial charge on any atom is 0.139 e. The number of nitrogens with one attached hydrogen (secondary N) is 1. The molecule has 120 valence electrons. The molecule has 24 heavy (non-hydrogen) atoms. The molecule has 0 spiro atoms. The van der Waals surface area contributed by atoms with Crippen LogP contribution in [0, 0.1) is 13.8 Å². The Morgan fingerprint density at radius 1 is 1.08 bits per heavy atom. The molecule has 0 saturated heterocycles. The van der Waals surface area contributed by atoms with Gasteiger partial charge in [0, 0.05) is 22.0 Å². The molecule has 0 bridgehead atoms. The second kappa shape index (κ2) is 6.30. The third kappa shape index (κ3) is 2.90. The molecular weight excluding hydrogens is 336 g/mol. The van der Waals surface area contributed by atoms with Gasteiger partial charge in [-0.3, -0.25) is 0 Å². The van der Waals surface area contributed by atoms with Crippen LogP contribution in [0.15, 0.2) is 41.9 Å². The van der Waals surface area contributed by atoms with E-state index in [1.54, 1.807) is 22.7 Å². The van der Waals surface area contributed by atoms with E-state index < -0.39 is 0 Å². The van der Waals surface area contributed by atoms with Crippen LogP contribution in [0.3, 0.4) is 0 Å². The van der Waals surface area contributed by atoms with Crippen LogP contribution >= 0.6 is 22.7 Å². The van der Waals surface area contributed by atoms with Gasteiger partial charge in [-0.05, 0) is 19.4 Å². The van der Waals surface area contributed by atoms with E-state index in [2.05, 4.69) is 49.9 Å². The van der Waals surface area contributed by atoms with Crippen molar-refractivity contribution < 1.29 is 0 Å². The van der Waals surface area contributed by atoms with Crippen LogP contribution in [-0.4, -0.2) is 15.0 Å². The normalized spacial score (nSPS) is 11.1. The van der Waals surface area contributed by atoms with Crippen molar-refractivity contribution in [2.45, 2.75) is 20.4 Å². The summed E-state index contributed by atoms with van der Waals surface area (Å²) in [6.07, 6.45) is 1.92. The van der Waals surface area contributed by atoms with Gasteiger partial charge in [0.1, 0.15) is 16.5 Å². The molecule has 4 aromatic rings. The van der Waals surface area contributed by atoms with Crippen molar-refractivity contribution in [3.63, 3.8) is 0 Å². The van der Waals surface area contributed by atoms with Gasteiger partial charge in [0.25, 0.3) is 0 Å². The lowest BCUT2D eigenvalue weighted by molar-refractivity contribution is 1.06. The van der Waals surface area contributed by atoms with E-state index in [0.29, 0.717) is 0 Å². The second-order valence-corrected chi connectivity index (χ2v) is 7.69. The first kappa shape index (κ1) is 15.2. The van der Waals surface area contributed by atoms with Crippen LogP contribution in [0.5, 0.6) is 0 Å². The van der Waals surface area contributed by atoms with Gasteiger partial charge in [0.2, 0.25) is 0 Å². The average Bonchev–Trinajstić information content (AvgIpc) is 3.19. The number of fused-ring (bicyclic) bond motifs is 1. The molecule has 0 aliphatic heterocycles. The molecule has 3 aromatic heterocycles. The van der Waals surface area contributed by atoms with Gasteiger partial charge in [-0.1, -0.05) is 30.3 Å². The molecule has 1 aromatic carbocycles. The quantitative estimate of drug-likeness (QED) is 0.559. The van der Waals surface area contributed by atoms with Crippen LogP contribution in [-0.2, 0) is 6.54 Å². The highest BCUT2D eigenvalue weighted by Crippen LogP contribution is 2.37. The summed E-state index contributed by atoms with van der Waals surface area (Å²) in [5, 5.41) is 7.82. The highest BCUT2D eigenvalue weighted by Gasteiger charge is 2.14. The highest BCUT2D eigenvalue weighted by molar-refractivity contribution is 7.17. The predicted molar refractivity (Wildman–Crippen MR) is 102 cm³/mol. The van der Waals surface area contributed by atoms with Crippen LogP contribution in [0.25, 0.3) is 21.3 Å². The first-order chi connectivity index (χ1) is 11.7. The number of rotatable bonds is 4. The summed E-state index contributed by atoms with van der Waals surface area (Å²) in [5.41, 5.74) is 2.37. The van der Waals surface area contributed by atoms with Gasteiger partial charge >= 0.3 is 0 Å². The number of nitrogens with zero attached hydrogens (tertiary/aromatic N) is 3. The van der Waals surface area contributed by atoms with E-state index in [-0.39, 0.29) is 0 Å². The number of thiazole rings is 1. The van der Waals surface area contributed by atoms with Crippen molar-refractivity contribution in [1.82, 2.24) is 15.0 Å². The largest absolute Gasteiger partial charge is 0.364 e. The Morgan fingerprint density at radius 3 is 2.67 bits per heavy atom. The number of hydrogen-bond acceptors (Lipinski definition) is 6. The molecule has 0 fully saturated rings. The molecule has 0 saturated carbocycles. The van der Waals surface area contributed by atoms with E-state index in [0.717, 1.165) is 33.4 Å². The minimum Gasteiger partial charge on any atom is -0.364 e. The van der Waals surface area contributed by atoms with Crippen LogP contribution in [0.2, 0.25) is 0 Å². The number of aryl methyl sites for hydroxylation is 2. The monoisotopic (exact) mass is 352 g/mol. The Morgan fingerprint density at radius 2 is 1.92 bits per heavy atom. The molecular formula is C18H16N4S2. The summed E-state index contributed by atoms with van der Waals surface area (Å²) in [6, 6.07) is 10.4. The summed E-state index contributed by atoms with van der Waals surface area (Å²) in [5.74, 6) is 1.68. The molecule has 4 rings (SSSR count). The molecule has 4 nitrogen and oxygen atoms in total. The summed E-state index contributed by atoms with van der Waals surface area (Å²) in [7, 11) is 0. The number of thiophene rings is 1. The van der Waals surface area contributed by atoms with E-state index in [1.165, 1.54) is 16.0 Å². The zero-order chi connectivity index (χ0) is 16.5. The van der Waals surface area contributed by atoms with Gasteiger partial charge in [0.15, 0.2) is 0 Å². The van der Waals surface area contributed by atoms with E-state index in [4.69, 9.17) is 0 Å². The molecule has 0 aliphatic carbocycles. The first-order valence-corrected chi connectivity index (χ1v) is 9.37. The Kier molecular flexibility index (Phi) is 4.00. The second-order valence-electron chi connectivity index (χ2n) is 5.51. The Labute approximate surface area is 148 Å². The number of aromatic nitrogens is 3. The SMILES string of the molecule is Cc1nc(NCc2cnc(C)s2)c2c(-c3ccccc3)csc2n1.